The maximum Gasteiger partial charge on any atom is 0.109 e. The van der Waals surface area contributed by atoms with E-state index in [4.69, 9.17) is 5.73 Å². The van der Waals surface area contributed by atoms with Gasteiger partial charge < -0.3 is 10.7 Å². The van der Waals surface area contributed by atoms with E-state index in [0.717, 1.165) is 26.2 Å². The molecule has 3 N–H and O–H groups in total. The standard InChI is InChI=1S/C14H14BrN3S/c1-14(16,12-6-9(15)8-19-12)7-13-17-10-4-2-3-5-11(10)18-13/h2-6,8H,7,16H2,1H3,(H,17,18)/t14-/m0/s1. The van der Waals surface area contributed by atoms with Gasteiger partial charge in [0.15, 0.2) is 0 Å². The van der Waals surface area contributed by atoms with Crippen molar-refractivity contribution in [2.45, 2.75) is 18.9 Å². The average molecular weight is 336 g/mol. The molecule has 0 saturated heterocycles. The molecule has 19 heavy (non-hydrogen) atoms. The number of rotatable bonds is 3. The molecule has 0 fully saturated rings. The van der Waals surface area contributed by atoms with Crippen LogP contribution in [0.1, 0.15) is 17.6 Å². The molecular weight excluding hydrogens is 322 g/mol. The largest absolute Gasteiger partial charge is 0.342 e. The summed E-state index contributed by atoms with van der Waals surface area (Å²) in [6.07, 6.45) is 0.689. The molecule has 98 valence electrons. The highest BCUT2D eigenvalue weighted by Gasteiger charge is 2.25. The molecule has 0 amide bonds. The van der Waals surface area contributed by atoms with Gasteiger partial charge in [0.25, 0.3) is 0 Å². The topological polar surface area (TPSA) is 54.7 Å². The summed E-state index contributed by atoms with van der Waals surface area (Å²) in [6, 6.07) is 10.1. The van der Waals surface area contributed by atoms with E-state index in [1.54, 1.807) is 11.3 Å². The number of para-hydroxylation sites is 2. The number of nitrogens with two attached hydrogens (primary N) is 1. The van der Waals surface area contributed by atoms with Gasteiger partial charge in [-0.1, -0.05) is 12.1 Å². The predicted molar refractivity (Wildman–Crippen MR) is 83.4 cm³/mol. The number of nitrogens with one attached hydrogen (secondary N) is 1. The van der Waals surface area contributed by atoms with E-state index in [2.05, 4.69) is 37.3 Å². The summed E-state index contributed by atoms with van der Waals surface area (Å²) in [5.74, 6) is 0.927. The summed E-state index contributed by atoms with van der Waals surface area (Å²) in [4.78, 5) is 9.07. The molecule has 0 aliphatic carbocycles. The minimum Gasteiger partial charge on any atom is -0.342 e. The second kappa shape index (κ2) is 4.74. The Balaban J connectivity index is 1.91. The van der Waals surface area contributed by atoms with E-state index in [9.17, 15) is 0 Å². The zero-order valence-corrected chi connectivity index (χ0v) is 12.9. The van der Waals surface area contributed by atoms with Crippen molar-refractivity contribution in [3.8, 4) is 0 Å². The van der Waals surface area contributed by atoms with E-state index in [1.807, 2.05) is 31.2 Å². The molecule has 3 rings (SSSR count). The molecule has 3 nitrogen and oxygen atoms in total. The lowest BCUT2D eigenvalue weighted by Gasteiger charge is -2.21. The summed E-state index contributed by atoms with van der Waals surface area (Å²) < 4.78 is 1.08. The monoisotopic (exact) mass is 335 g/mol. The van der Waals surface area contributed by atoms with Crippen LogP contribution < -0.4 is 5.73 Å². The maximum absolute atomic E-state index is 6.43. The van der Waals surface area contributed by atoms with Crippen LogP contribution in [-0.4, -0.2) is 9.97 Å². The second-order valence-corrected chi connectivity index (χ2v) is 6.75. The molecular formula is C14H14BrN3S. The summed E-state index contributed by atoms with van der Waals surface area (Å²) in [5.41, 5.74) is 8.07. The second-order valence-electron chi connectivity index (χ2n) is 4.92. The molecule has 1 aromatic carbocycles. The van der Waals surface area contributed by atoms with Crippen molar-refractivity contribution in [1.82, 2.24) is 9.97 Å². The zero-order chi connectivity index (χ0) is 13.5. The van der Waals surface area contributed by atoms with Crippen LogP contribution in [0, 0.1) is 0 Å². The lowest BCUT2D eigenvalue weighted by Crippen LogP contribution is -2.34. The van der Waals surface area contributed by atoms with Crippen LogP contribution in [0.4, 0.5) is 0 Å². The van der Waals surface area contributed by atoms with Crippen LogP contribution in [0.25, 0.3) is 11.0 Å². The van der Waals surface area contributed by atoms with Gasteiger partial charge in [-0.15, -0.1) is 11.3 Å². The van der Waals surface area contributed by atoms with Gasteiger partial charge in [-0.05, 0) is 41.1 Å². The Bertz CT molecular complexity index is 681. The smallest absolute Gasteiger partial charge is 0.109 e. The zero-order valence-electron chi connectivity index (χ0n) is 10.5. The lowest BCUT2D eigenvalue weighted by molar-refractivity contribution is 0.490. The fourth-order valence-corrected chi connectivity index (χ4v) is 3.64. The molecule has 0 spiro atoms. The van der Waals surface area contributed by atoms with Crippen molar-refractivity contribution in [3.05, 3.63) is 50.9 Å². The number of imidazole rings is 1. The molecule has 3 aromatic rings. The van der Waals surface area contributed by atoms with Gasteiger partial charge in [-0.2, -0.15) is 0 Å². The normalized spacial score (nSPS) is 14.7. The highest BCUT2D eigenvalue weighted by molar-refractivity contribution is 9.10. The molecule has 5 heteroatoms. The van der Waals surface area contributed by atoms with E-state index < -0.39 is 5.54 Å². The summed E-state index contributed by atoms with van der Waals surface area (Å²) in [5, 5.41) is 2.05. The summed E-state index contributed by atoms with van der Waals surface area (Å²) in [6.45, 7) is 2.04. The third-order valence-electron chi connectivity index (χ3n) is 3.10. The fraction of sp³-hybridized carbons (Fsp3) is 0.214. The molecule has 0 radical (unpaired) electrons. The Morgan fingerprint density at radius 3 is 2.89 bits per heavy atom. The van der Waals surface area contributed by atoms with Crippen molar-refractivity contribution in [1.29, 1.82) is 0 Å². The first kappa shape index (κ1) is 12.8. The molecule has 0 unspecified atom stereocenters. The number of halogens is 1. The van der Waals surface area contributed by atoms with Gasteiger partial charge in [0, 0.05) is 21.2 Å². The van der Waals surface area contributed by atoms with E-state index >= 15 is 0 Å². The van der Waals surface area contributed by atoms with Crippen LogP contribution in [0.5, 0.6) is 0 Å². The Morgan fingerprint density at radius 1 is 1.42 bits per heavy atom. The number of fused-ring (bicyclic) bond motifs is 1. The maximum atomic E-state index is 6.43. The average Bonchev–Trinajstić information content (AvgIpc) is 2.94. The Labute approximate surface area is 124 Å². The Morgan fingerprint density at radius 2 is 2.21 bits per heavy atom. The van der Waals surface area contributed by atoms with Crippen molar-refractivity contribution in [3.63, 3.8) is 0 Å². The first-order valence-electron chi connectivity index (χ1n) is 6.02. The third kappa shape index (κ3) is 2.59. The number of benzene rings is 1. The Hall–Kier alpha value is -1.17. The quantitative estimate of drug-likeness (QED) is 0.764. The SMILES string of the molecule is C[C@](N)(Cc1nc2ccccc2[nH]1)c1cc(Br)cs1. The van der Waals surface area contributed by atoms with Crippen molar-refractivity contribution < 1.29 is 0 Å². The van der Waals surface area contributed by atoms with Crippen LogP contribution in [-0.2, 0) is 12.0 Å². The number of nitrogens with zero attached hydrogens (tertiary/aromatic N) is 1. The van der Waals surface area contributed by atoms with Crippen LogP contribution in [0.3, 0.4) is 0 Å². The third-order valence-corrected chi connectivity index (χ3v) is 5.07. The first-order chi connectivity index (χ1) is 9.04. The highest BCUT2D eigenvalue weighted by atomic mass is 79.9. The van der Waals surface area contributed by atoms with Gasteiger partial charge in [0.1, 0.15) is 5.82 Å². The van der Waals surface area contributed by atoms with Crippen LogP contribution >= 0.6 is 27.3 Å². The van der Waals surface area contributed by atoms with E-state index in [0.29, 0.717) is 6.42 Å². The van der Waals surface area contributed by atoms with Gasteiger partial charge in [-0.25, -0.2) is 4.98 Å². The minimum absolute atomic E-state index is 0.412. The molecule has 0 saturated carbocycles. The summed E-state index contributed by atoms with van der Waals surface area (Å²) >= 11 is 5.14. The minimum atomic E-state index is -0.412. The number of aromatic amines is 1. The fourth-order valence-electron chi connectivity index (χ4n) is 2.14. The number of aromatic nitrogens is 2. The van der Waals surface area contributed by atoms with Crippen molar-refractivity contribution in [2.75, 3.05) is 0 Å². The van der Waals surface area contributed by atoms with E-state index in [-0.39, 0.29) is 0 Å². The number of hydrogen-bond donors (Lipinski definition) is 2. The first-order valence-corrected chi connectivity index (χ1v) is 7.69. The number of thiophene rings is 1. The highest BCUT2D eigenvalue weighted by Crippen LogP contribution is 2.30. The van der Waals surface area contributed by atoms with E-state index in [1.165, 1.54) is 0 Å². The van der Waals surface area contributed by atoms with Crippen LogP contribution in [0.2, 0.25) is 0 Å². The van der Waals surface area contributed by atoms with Gasteiger partial charge in [-0.3, -0.25) is 0 Å². The van der Waals surface area contributed by atoms with Gasteiger partial charge >= 0.3 is 0 Å². The predicted octanol–water partition coefficient (Wildman–Crippen LogP) is 3.80. The van der Waals surface area contributed by atoms with Crippen molar-refractivity contribution in [2.24, 2.45) is 5.73 Å². The van der Waals surface area contributed by atoms with Gasteiger partial charge in [0.05, 0.1) is 16.6 Å². The number of H-pyrrole nitrogens is 1. The lowest BCUT2D eigenvalue weighted by atomic mass is 9.97. The molecule has 2 heterocycles. The van der Waals surface area contributed by atoms with Gasteiger partial charge in [0.2, 0.25) is 0 Å². The number of hydrogen-bond acceptors (Lipinski definition) is 3. The molecule has 0 aliphatic heterocycles. The molecule has 0 aliphatic rings. The van der Waals surface area contributed by atoms with Crippen LogP contribution in [0.15, 0.2) is 40.2 Å². The Kier molecular flexibility index (Phi) is 3.20. The van der Waals surface area contributed by atoms with Crippen molar-refractivity contribution >= 4 is 38.3 Å². The summed E-state index contributed by atoms with van der Waals surface area (Å²) in [7, 11) is 0. The molecule has 2 aromatic heterocycles. The molecule has 1 atom stereocenters. The molecule has 0 bridgehead atoms.